The van der Waals surface area contributed by atoms with Crippen molar-refractivity contribution in [2.45, 2.75) is 36.6 Å². The predicted octanol–water partition coefficient (Wildman–Crippen LogP) is 0.753. The summed E-state index contributed by atoms with van der Waals surface area (Å²) >= 11 is 0. The summed E-state index contributed by atoms with van der Waals surface area (Å²) in [7, 11) is -7.43. The molecule has 0 bridgehead atoms. The maximum Gasteiger partial charge on any atom is 0.243 e. The molecule has 8 heteroatoms. The molecule has 0 aliphatic rings. The van der Waals surface area contributed by atoms with Crippen LogP contribution in [0.2, 0.25) is 0 Å². The van der Waals surface area contributed by atoms with Crippen molar-refractivity contribution < 1.29 is 16.8 Å². The minimum absolute atomic E-state index is 0.0513. The lowest BCUT2D eigenvalue weighted by Crippen LogP contribution is -2.36. The number of benzene rings is 1. The van der Waals surface area contributed by atoms with E-state index in [9.17, 15) is 16.8 Å². The normalized spacial score (nSPS) is 13.2. The lowest BCUT2D eigenvalue weighted by Gasteiger charge is -2.24. The summed E-state index contributed by atoms with van der Waals surface area (Å²) in [6, 6.07) is 4.71. The van der Waals surface area contributed by atoms with E-state index in [1.54, 1.807) is 20.8 Å². The minimum Gasteiger partial charge on any atom is -0.225 e. The first kappa shape index (κ1) is 16.1. The number of hydrogen-bond donors (Lipinski definition) is 1. The zero-order chi connectivity index (χ0) is 14.8. The molecule has 0 aromatic heterocycles. The molecule has 1 rings (SSSR count). The van der Waals surface area contributed by atoms with Crippen LogP contribution in [0, 0.1) is 0 Å². The topological polar surface area (TPSA) is 97.5 Å². The molecule has 19 heavy (non-hydrogen) atoms. The Hall–Kier alpha value is -0.960. The fraction of sp³-hybridized carbons (Fsp3) is 0.455. The highest BCUT2D eigenvalue weighted by Crippen LogP contribution is 2.19. The zero-order valence-corrected chi connectivity index (χ0v) is 12.7. The molecular weight excluding hydrogens is 288 g/mol. The van der Waals surface area contributed by atoms with Gasteiger partial charge in [-0.05, 0) is 38.1 Å². The number of rotatable bonds is 5. The van der Waals surface area contributed by atoms with Gasteiger partial charge in [0.1, 0.15) is 0 Å². The molecule has 0 aliphatic carbocycles. The Balaban J connectivity index is 3.24. The Morgan fingerprint density at radius 2 is 1.47 bits per heavy atom. The lowest BCUT2D eigenvalue weighted by atomic mass is 10.4. The summed E-state index contributed by atoms with van der Waals surface area (Å²) in [5, 5.41) is 4.96. The average molecular weight is 306 g/mol. The lowest BCUT2D eigenvalue weighted by molar-refractivity contribution is 0.369. The van der Waals surface area contributed by atoms with Gasteiger partial charge in [-0.1, -0.05) is 6.92 Å². The first-order valence-corrected chi connectivity index (χ1v) is 8.74. The van der Waals surface area contributed by atoms with Gasteiger partial charge in [-0.25, -0.2) is 22.0 Å². The molecule has 0 spiro atoms. The summed E-state index contributed by atoms with van der Waals surface area (Å²) in [6.45, 7) is 5.65. The molecular formula is C11H18N2O4S2. The van der Waals surface area contributed by atoms with E-state index in [4.69, 9.17) is 5.14 Å². The van der Waals surface area contributed by atoms with Crippen LogP contribution in [0.3, 0.4) is 0 Å². The van der Waals surface area contributed by atoms with Crippen molar-refractivity contribution in [3.05, 3.63) is 24.3 Å². The van der Waals surface area contributed by atoms with Crippen molar-refractivity contribution in [1.82, 2.24) is 4.31 Å². The molecule has 0 saturated heterocycles. The molecule has 1 aromatic rings. The molecule has 0 amide bonds. The number of nitrogens with two attached hydrogens (primary N) is 1. The third kappa shape index (κ3) is 3.53. The molecule has 6 nitrogen and oxygen atoms in total. The largest absolute Gasteiger partial charge is 0.243 e. The van der Waals surface area contributed by atoms with Crippen LogP contribution in [-0.2, 0) is 20.0 Å². The molecule has 0 aliphatic heterocycles. The van der Waals surface area contributed by atoms with Crippen molar-refractivity contribution >= 4 is 20.0 Å². The molecule has 0 radical (unpaired) electrons. The van der Waals surface area contributed by atoms with Crippen LogP contribution in [0.4, 0.5) is 0 Å². The van der Waals surface area contributed by atoms with Crippen LogP contribution in [0.15, 0.2) is 34.1 Å². The Bertz CT molecular complexity index is 634. The van der Waals surface area contributed by atoms with Crippen molar-refractivity contribution in [2.24, 2.45) is 5.14 Å². The van der Waals surface area contributed by atoms with Crippen LogP contribution in [0.25, 0.3) is 0 Å². The fourth-order valence-electron chi connectivity index (χ4n) is 1.75. The van der Waals surface area contributed by atoms with Gasteiger partial charge in [-0.15, -0.1) is 0 Å². The van der Waals surface area contributed by atoms with E-state index in [-0.39, 0.29) is 15.8 Å². The summed E-state index contributed by atoms with van der Waals surface area (Å²) in [4.78, 5) is -0.0607. The predicted molar refractivity (Wildman–Crippen MR) is 72.5 cm³/mol. The summed E-state index contributed by atoms with van der Waals surface area (Å²) in [6.07, 6.45) is 0. The SMILES string of the molecule is CCN(C(C)C)S(=O)(=O)c1ccc(S(N)(=O)=O)cc1. The van der Waals surface area contributed by atoms with Gasteiger partial charge >= 0.3 is 0 Å². The Labute approximate surface area is 114 Å². The number of nitrogens with zero attached hydrogens (tertiary/aromatic N) is 1. The molecule has 0 atom stereocenters. The fourth-order valence-corrected chi connectivity index (χ4v) is 3.91. The number of primary sulfonamides is 1. The van der Waals surface area contributed by atoms with Crippen LogP contribution < -0.4 is 5.14 Å². The van der Waals surface area contributed by atoms with Crippen molar-refractivity contribution in [3.8, 4) is 0 Å². The first-order valence-electron chi connectivity index (χ1n) is 5.75. The number of hydrogen-bond acceptors (Lipinski definition) is 4. The van der Waals surface area contributed by atoms with Crippen molar-refractivity contribution in [3.63, 3.8) is 0 Å². The van der Waals surface area contributed by atoms with Gasteiger partial charge in [0.05, 0.1) is 9.79 Å². The highest BCUT2D eigenvalue weighted by atomic mass is 32.2. The third-order valence-electron chi connectivity index (χ3n) is 2.65. The second-order valence-corrected chi connectivity index (χ2v) is 7.77. The second-order valence-electron chi connectivity index (χ2n) is 4.32. The van der Waals surface area contributed by atoms with Crippen molar-refractivity contribution in [1.29, 1.82) is 0 Å². The van der Waals surface area contributed by atoms with Gasteiger partial charge in [-0.2, -0.15) is 4.31 Å². The Kier molecular flexibility index (Phi) is 4.72. The monoisotopic (exact) mass is 306 g/mol. The smallest absolute Gasteiger partial charge is 0.225 e. The van der Waals surface area contributed by atoms with Gasteiger partial charge in [0.25, 0.3) is 0 Å². The second kappa shape index (κ2) is 5.58. The van der Waals surface area contributed by atoms with E-state index in [0.717, 1.165) is 0 Å². The van der Waals surface area contributed by atoms with E-state index in [0.29, 0.717) is 6.54 Å². The van der Waals surface area contributed by atoms with Crippen LogP contribution >= 0.6 is 0 Å². The maximum atomic E-state index is 12.3. The molecule has 0 saturated carbocycles. The van der Waals surface area contributed by atoms with Crippen LogP contribution in [0.5, 0.6) is 0 Å². The molecule has 2 N–H and O–H groups in total. The number of sulfonamides is 2. The Morgan fingerprint density at radius 3 is 1.79 bits per heavy atom. The van der Waals surface area contributed by atoms with E-state index < -0.39 is 20.0 Å². The van der Waals surface area contributed by atoms with E-state index in [2.05, 4.69) is 0 Å². The van der Waals surface area contributed by atoms with Crippen molar-refractivity contribution in [2.75, 3.05) is 6.54 Å². The maximum absolute atomic E-state index is 12.3. The van der Waals surface area contributed by atoms with Crippen LogP contribution in [-0.4, -0.2) is 33.7 Å². The third-order valence-corrected chi connectivity index (χ3v) is 5.74. The van der Waals surface area contributed by atoms with Gasteiger partial charge in [0.2, 0.25) is 20.0 Å². The quantitative estimate of drug-likeness (QED) is 0.868. The van der Waals surface area contributed by atoms with E-state index in [1.165, 1.54) is 28.6 Å². The molecule has 0 fully saturated rings. The highest BCUT2D eigenvalue weighted by molar-refractivity contribution is 7.89. The van der Waals surface area contributed by atoms with Gasteiger partial charge in [-0.3, -0.25) is 0 Å². The highest BCUT2D eigenvalue weighted by Gasteiger charge is 2.25. The molecule has 0 unspecified atom stereocenters. The minimum atomic E-state index is -3.82. The molecule has 108 valence electrons. The van der Waals surface area contributed by atoms with Gasteiger partial charge < -0.3 is 0 Å². The summed E-state index contributed by atoms with van der Waals surface area (Å²) in [5.74, 6) is 0. The average Bonchev–Trinajstić information content (AvgIpc) is 2.28. The first-order chi connectivity index (χ1) is 8.60. The van der Waals surface area contributed by atoms with Crippen LogP contribution in [0.1, 0.15) is 20.8 Å². The van der Waals surface area contributed by atoms with E-state index in [1.807, 2.05) is 0 Å². The molecule has 0 heterocycles. The Morgan fingerprint density at radius 1 is 1.05 bits per heavy atom. The summed E-state index contributed by atoms with van der Waals surface area (Å²) < 4.78 is 48.2. The standard InChI is InChI=1S/C11H18N2O4S2/c1-4-13(9(2)3)19(16,17)11-7-5-10(6-8-11)18(12,14)15/h5-9H,4H2,1-3H3,(H2,12,14,15). The molecule has 1 aromatic carbocycles. The summed E-state index contributed by atoms with van der Waals surface area (Å²) in [5.41, 5.74) is 0. The zero-order valence-electron chi connectivity index (χ0n) is 11.1. The van der Waals surface area contributed by atoms with Gasteiger partial charge in [0, 0.05) is 12.6 Å². The van der Waals surface area contributed by atoms with Gasteiger partial charge in [0.15, 0.2) is 0 Å². The van der Waals surface area contributed by atoms with E-state index >= 15 is 0 Å².